The van der Waals surface area contributed by atoms with Crippen molar-refractivity contribution in [2.75, 3.05) is 0 Å². The average Bonchev–Trinajstić information content (AvgIpc) is 3.23. The minimum atomic E-state index is -0.868. The van der Waals surface area contributed by atoms with Crippen molar-refractivity contribution in [3.63, 3.8) is 0 Å². The number of rotatable bonds is 4. The van der Waals surface area contributed by atoms with Gasteiger partial charge in [0.1, 0.15) is 0 Å². The number of thiophene rings is 1. The van der Waals surface area contributed by atoms with E-state index in [-0.39, 0.29) is 11.7 Å². The van der Waals surface area contributed by atoms with Gasteiger partial charge in [-0.05, 0) is 35.7 Å². The van der Waals surface area contributed by atoms with E-state index in [0.717, 1.165) is 16.2 Å². The molecule has 0 unspecified atom stereocenters. The number of halogens is 1. The molecule has 1 aliphatic rings. The second-order valence-electron chi connectivity index (χ2n) is 5.29. The van der Waals surface area contributed by atoms with E-state index in [4.69, 9.17) is 11.6 Å². The van der Waals surface area contributed by atoms with E-state index in [1.165, 1.54) is 23.1 Å². The third-order valence-electron chi connectivity index (χ3n) is 3.61. The number of hydrogen-bond acceptors (Lipinski definition) is 6. The first-order valence-corrected chi connectivity index (χ1v) is 9.48. The molecule has 25 heavy (non-hydrogen) atoms. The standard InChI is InChI=1S/C16H11ClN4O2S2/c17-10-5-3-9(4-6-10)15-18-19-16-21(15)20-14(11-2-1-7-24-11)12(25-16)8-13(22)23/h1-7,12H,8H2,(H,22,23)/t12-/m1/s1. The minimum absolute atomic E-state index is 0.0233. The molecular weight excluding hydrogens is 380 g/mol. The highest BCUT2D eigenvalue weighted by atomic mass is 35.5. The van der Waals surface area contributed by atoms with Crippen LogP contribution in [0.4, 0.5) is 0 Å². The molecular formula is C16H11ClN4O2S2. The number of nitrogens with zero attached hydrogens (tertiary/aromatic N) is 4. The third-order valence-corrected chi connectivity index (χ3v) is 5.89. The van der Waals surface area contributed by atoms with E-state index in [1.807, 2.05) is 29.6 Å². The number of carboxylic acids is 1. The van der Waals surface area contributed by atoms with Crippen LogP contribution in [0, 0.1) is 0 Å². The van der Waals surface area contributed by atoms with Crippen LogP contribution in [0.1, 0.15) is 11.3 Å². The van der Waals surface area contributed by atoms with Crippen molar-refractivity contribution >= 4 is 46.4 Å². The van der Waals surface area contributed by atoms with Gasteiger partial charge in [-0.15, -0.1) is 21.5 Å². The number of carboxylic acid groups (broad SMARTS) is 1. The van der Waals surface area contributed by atoms with Gasteiger partial charge in [-0.25, -0.2) is 0 Å². The highest BCUT2D eigenvalue weighted by Crippen LogP contribution is 2.35. The van der Waals surface area contributed by atoms with Crippen LogP contribution in [0.2, 0.25) is 5.02 Å². The number of carbonyl (C=O) groups is 1. The Balaban J connectivity index is 1.81. The predicted molar refractivity (Wildman–Crippen MR) is 98.6 cm³/mol. The topological polar surface area (TPSA) is 80.4 Å². The maximum atomic E-state index is 11.2. The molecule has 2 aromatic heterocycles. The number of fused-ring (bicyclic) bond motifs is 1. The predicted octanol–water partition coefficient (Wildman–Crippen LogP) is 3.86. The Hall–Kier alpha value is -2.16. The van der Waals surface area contributed by atoms with Crippen molar-refractivity contribution in [1.82, 2.24) is 14.9 Å². The quantitative estimate of drug-likeness (QED) is 0.731. The smallest absolute Gasteiger partial charge is 0.304 e. The molecule has 3 heterocycles. The van der Waals surface area contributed by atoms with Gasteiger partial charge in [0, 0.05) is 10.6 Å². The molecule has 1 aliphatic heterocycles. The van der Waals surface area contributed by atoms with Crippen LogP contribution < -0.4 is 0 Å². The number of benzene rings is 1. The van der Waals surface area contributed by atoms with E-state index in [2.05, 4.69) is 15.3 Å². The molecule has 0 radical (unpaired) electrons. The number of hydrogen-bond donors (Lipinski definition) is 1. The fourth-order valence-electron chi connectivity index (χ4n) is 2.49. The molecule has 0 fully saturated rings. The highest BCUT2D eigenvalue weighted by Gasteiger charge is 2.31. The molecule has 0 aliphatic carbocycles. The first-order chi connectivity index (χ1) is 12.1. The molecule has 126 valence electrons. The zero-order chi connectivity index (χ0) is 17.4. The van der Waals surface area contributed by atoms with Gasteiger partial charge in [0.25, 0.3) is 0 Å². The first kappa shape index (κ1) is 16.3. The molecule has 0 amide bonds. The van der Waals surface area contributed by atoms with Crippen molar-refractivity contribution in [2.45, 2.75) is 16.8 Å². The summed E-state index contributed by atoms with van der Waals surface area (Å²) >= 11 is 8.85. The second-order valence-corrected chi connectivity index (χ2v) is 7.85. The Morgan fingerprint density at radius 3 is 2.72 bits per heavy atom. The average molecular weight is 391 g/mol. The fraction of sp³-hybridized carbons (Fsp3) is 0.125. The molecule has 9 heteroatoms. The molecule has 0 spiro atoms. The van der Waals surface area contributed by atoms with Crippen molar-refractivity contribution in [3.05, 3.63) is 51.7 Å². The largest absolute Gasteiger partial charge is 0.481 e. The van der Waals surface area contributed by atoms with Gasteiger partial charge in [0.05, 0.1) is 22.3 Å². The fourth-order valence-corrected chi connectivity index (χ4v) is 4.54. The number of aliphatic carboxylic acids is 1. The van der Waals surface area contributed by atoms with Crippen LogP contribution in [0.15, 0.2) is 52.0 Å². The highest BCUT2D eigenvalue weighted by molar-refractivity contribution is 8.00. The molecule has 1 N–H and O–H groups in total. The first-order valence-electron chi connectivity index (χ1n) is 7.34. The van der Waals surface area contributed by atoms with Gasteiger partial charge < -0.3 is 5.11 Å². The Kier molecular flexibility index (Phi) is 4.32. The third kappa shape index (κ3) is 3.20. The molecule has 1 aromatic carbocycles. The van der Waals surface area contributed by atoms with Crippen LogP contribution in [0.25, 0.3) is 11.4 Å². The van der Waals surface area contributed by atoms with Crippen LogP contribution in [-0.2, 0) is 4.79 Å². The molecule has 6 nitrogen and oxygen atoms in total. The monoisotopic (exact) mass is 390 g/mol. The molecule has 4 rings (SSSR count). The minimum Gasteiger partial charge on any atom is -0.481 e. The van der Waals surface area contributed by atoms with E-state index in [9.17, 15) is 9.90 Å². The summed E-state index contributed by atoms with van der Waals surface area (Å²) in [6.07, 6.45) is -0.0233. The van der Waals surface area contributed by atoms with Crippen molar-refractivity contribution in [1.29, 1.82) is 0 Å². The molecule has 0 saturated carbocycles. The summed E-state index contributed by atoms with van der Waals surface area (Å²) in [5.41, 5.74) is 1.57. The lowest BCUT2D eigenvalue weighted by Crippen LogP contribution is -2.26. The van der Waals surface area contributed by atoms with Crippen LogP contribution >= 0.6 is 34.7 Å². The summed E-state index contributed by atoms with van der Waals surface area (Å²) in [5, 5.41) is 25.2. The van der Waals surface area contributed by atoms with Gasteiger partial charge in [-0.2, -0.15) is 9.78 Å². The van der Waals surface area contributed by atoms with Gasteiger partial charge in [-0.3, -0.25) is 4.79 Å². The number of aromatic nitrogens is 3. The molecule has 0 saturated heterocycles. The lowest BCUT2D eigenvalue weighted by atomic mass is 10.1. The molecule has 3 aromatic rings. The van der Waals surface area contributed by atoms with Crippen molar-refractivity contribution in [2.24, 2.45) is 5.10 Å². The van der Waals surface area contributed by atoms with Crippen molar-refractivity contribution in [3.8, 4) is 11.4 Å². The maximum Gasteiger partial charge on any atom is 0.304 e. The van der Waals surface area contributed by atoms with E-state index in [1.54, 1.807) is 16.8 Å². The van der Waals surface area contributed by atoms with Crippen LogP contribution in [0.3, 0.4) is 0 Å². The van der Waals surface area contributed by atoms with E-state index < -0.39 is 5.97 Å². The normalized spacial score (nSPS) is 16.4. The molecule has 0 bridgehead atoms. The lowest BCUT2D eigenvalue weighted by Gasteiger charge is -2.21. The SMILES string of the molecule is O=C(O)C[C@H]1Sc2nnc(-c3ccc(Cl)cc3)n2N=C1c1cccs1. The Labute approximate surface area is 156 Å². The van der Waals surface area contributed by atoms with Crippen LogP contribution in [-0.4, -0.2) is 36.9 Å². The van der Waals surface area contributed by atoms with Crippen molar-refractivity contribution < 1.29 is 9.90 Å². The summed E-state index contributed by atoms with van der Waals surface area (Å²) in [5.74, 6) is -0.269. The lowest BCUT2D eigenvalue weighted by molar-refractivity contribution is -0.136. The Bertz CT molecular complexity index is 951. The Morgan fingerprint density at radius 2 is 2.04 bits per heavy atom. The second kappa shape index (κ2) is 6.62. The molecule has 1 atom stereocenters. The Morgan fingerprint density at radius 1 is 1.24 bits per heavy atom. The van der Waals surface area contributed by atoms with Crippen LogP contribution in [0.5, 0.6) is 0 Å². The van der Waals surface area contributed by atoms with Gasteiger partial charge in [0.15, 0.2) is 5.82 Å². The van der Waals surface area contributed by atoms with Gasteiger partial charge >= 0.3 is 5.97 Å². The van der Waals surface area contributed by atoms with E-state index >= 15 is 0 Å². The summed E-state index contributed by atoms with van der Waals surface area (Å²) < 4.78 is 1.67. The summed E-state index contributed by atoms with van der Waals surface area (Å²) in [6, 6.07) is 11.1. The van der Waals surface area contributed by atoms with E-state index in [0.29, 0.717) is 16.0 Å². The number of thioether (sulfide) groups is 1. The van der Waals surface area contributed by atoms with Gasteiger partial charge in [0.2, 0.25) is 5.16 Å². The summed E-state index contributed by atoms with van der Waals surface area (Å²) in [6.45, 7) is 0. The summed E-state index contributed by atoms with van der Waals surface area (Å²) in [4.78, 5) is 12.2. The zero-order valence-electron chi connectivity index (χ0n) is 12.7. The summed E-state index contributed by atoms with van der Waals surface area (Å²) in [7, 11) is 0. The zero-order valence-corrected chi connectivity index (χ0v) is 15.1. The maximum absolute atomic E-state index is 11.2. The van der Waals surface area contributed by atoms with Gasteiger partial charge in [-0.1, -0.05) is 29.4 Å².